The van der Waals surface area contributed by atoms with Crippen molar-refractivity contribution in [2.45, 2.75) is 37.3 Å². The average molecular weight is 469 g/mol. The molecule has 0 aliphatic heterocycles. The quantitative estimate of drug-likeness (QED) is 0.331. The lowest BCUT2D eigenvalue weighted by molar-refractivity contribution is 0.102. The molecule has 9 heteroatoms. The number of carbonyl (C=O) groups is 1. The van der Waals surface area contributed by atoms with Crippen molar-refractivity contribution in [2.24, 2.45) is 0 Å². The van der Waals surface area contributed by atoms with Crippen LogP contribution in [0.4, 0.5) is 6.01 Å². The number of hydrogen-bond donors (Lipinski definition) is 1. The van der Waals surface area contributed by atoms with E-state index in [1.807, 2.05) is 18.2 Å². The maximum atomic E-state index is 12.9. The molecule has 1 N–H and O–H groups in total. The fourth-order valence-corrected chi connectivity index (χ4v) is 4.21. The Morgan fingerprint density at radius 3 is 2.59 bits per heavy atom. The molecule has 0 aliphatic carbocycles. The molecule has 1 amide bonds. The molecule has 0 unspecified atom stereocenters. The van der Waals surface area contributed by atoms with Crippen molar-refractivity contribution in [3.63, 3.8) is 0 Å². The zero-order valence-electron chi connectivity index (χ0n) is 17.8. The minimum absolute atomic E-state index is 0.00249. The highest BCUT2D eigenvalue weighted by Crippen LogP contribution is 2.31. The number of amides is 1. The molecule has 4 rings (SSSR count). The van der Waals surface area contributed by atoms with E-state index in [0.29, 0.717) is 39.6 Å². The highest BCUT2D eigenvalue weighted by molar-refractivity contribution is 7.99. The molecule has 0 spiro atoms. The molecule has 0 radical (unpaired) electrons. The van der Waals surface area contributed by atoms with Gasteiger partial charge in [0.1, 0.15) is 17.0 Å². The molecule has 0 saturated heterocycles. The van der Waals surface area contributed by atoms with Crippen molar-refractivity contribution >= 4 is 35.3 Å². The van der Waals surface area contributed by atoms with E-state index in [4.69, 9.17) is 20.5 Å². The Kier molecular flexibility index (Phi) is 6.62. The van der Waals surface area contributed by atoms with Crippen LogP contribution >= 0.6 is 23.4 Å². The number of carbonyl (C=O) groups excluding carboxylic acids is 1. The van der Waals surface area contributed by atoms with Gasteiger partial charge in [-0.05, 0) is 30.7 Å². The summed E-state index contributed by atoms with van der Waals surface area (Å²) in [6.07, 6.45) is 0.465. The number of benzene rings is 2. The molecule has 0 bridgehead atoms. The first kappa shape index (κ1) is 22.1. The van der Waals surface area contributed by atoms with Gasteiger partial charge in [0.05, 0.1) is 11.4 Å². The molecule has 0 fully saturated rings. The van der Waals surface area contributed by atoms with Gasteiger partial charge in [0.15, 0.2) is 0 Å². The summed E-state index contributed by atoms with van der Waals surface area (Å²) in [7, 11) is 0. The second-order valence-corrected chi connectivity index (χ2v) is 9.44. The van der Waals surface area contributed by atoms with Gasteiger partial charge in [-0.25, -0.2) is 0 Å². The summed E-state index contributed by atoms with van der Waals surface area (Å²) in [5.41, 5.74) is 2.25. The Bertz CT molecular complexity index is 1230. The van der Waals surface area contributed by atoms with Crippen LogP contribution in [0.15, 0.2) is 62.4 Å². The maximum Gasteiger partial charge on any atom is 0.322 e. The van der Waals surface area contributed by atoms with Crippen LogP contribution < -0.4 is 5.32 Å². The number of anilines is 1. The molecular weight excluding hydrogens is 448 g/mol. The Morgan fingerprint density at radius 1 is 1.12 bits per heavy atom. The lowest BCUT2D eigenvalue weighted by atomic mass is 10.1. The van der Waals surface area contributed by atoms with E-state index in [2.05, 4.69) is 46.7 Å². The maximum absolute atomic E-state index is 12.9. The van der Waals surface area contributed by atoms with Crippen molar-refractivity contribution < 1.29 is 13.7 Å². The first-order valence-electron chi connectivity index (χ1n) is 10.0. The second-order valence-electron chi connectivity index (χ2n) is 7.38. The normalized spacial score (nSPS) is 11.2. The third-order valence-corrected chi connectivity index (χ3v) is 5.90. The van der Waals surface area contributed by atoms with E-state index >= 15 is 0 Å². The number of nitrogens with one attached hydrogen (secondary N) is 1. The monoisotopic (exact) mass is 468 g/mol. The Hall–Kier alpha value is -3.10. The SMILES string of the molecule is Cc1onc(-c2ccccc2Cl)c1C(=O)Nc1nnc(Cc2ccc(SC(C)C)cc2)o1. The standard InChI is InChI=1S/C23H21ClN4O3S/c1-13(2)32-16-10-8-15(9-11-16)12-19-26-27-23(30-19)25-22(29)20-14(3)31-28-21(20)17-6-4-5-7-18(17)24/h4-11,13H,12H2,1-3H3,(H,25,27,29). The van der Waals surface area contributed by atoms with Gasteiger partial charge in [-0.1, -0.05) is 66.0 Å². The number of rotatable bonds is 7. The number of nitrogens with zero attached hydrogens (tertiary/aromatic N) is 3. The molecule has 2 heterocycles. The molecule has 7 nitrogen and oxygen atoms in total. The number of thioether (sulfide) groups is 1. The highest BCUT2D eigenvalue weighted by Gasteiger charge is 2.24. The molecule has 32 heavy (non-hydrogen) atoms. The summed E-state index contributed by atoms with van der Waals surface area (Å²) in [5.74, 6) is 0.290. The fourth-order valence-electron chi connectivity index (χ4n) is 3.14. The van der Waals surface area contributed by atoms with E-state index in [-0.39, 0.29) is 11.6 Å². The van der Waals surface area contributed by atoms with Gasteiger partial charge < -0.3 is 8.94 Å². The summed E-state index contributed by atoms with van der Waals surface area (Å²) in [5, 5.41) is 15.6. The molecule has 164 valence electrons. The second kappa shape index (κ2) is 9.58. The van der Waals surface area contributed by atoms with Crippen LogP contribution in [0.25, 0.3) is 11.3 Å². The minimum atomic E-state index is -0.469. The number of halogens is 1. The van der Waals surface area contributed by atoms with Crippen LogP contribution in [0.2, 0.25) is 5.02 Å². The predicted molar refractivity (Wildman–Crippen MR) is 124 cm³/mol. The van der Waals surface area contributed by atoms with Crippen LogP contribution in [0, 0.1) is 6.92 Å². The number of aromatic nitrogens is 3. The van der Waals surface area contributed by atoms with Crippen molar-refractivity contribution in [3.05, 3.63) is 76.3 Å². The van der Waals surface area contributed by atoms with Gasteiger partial charge in [-0.2, -0.15) is 0 Å². The Morgan fingerprint density at radius 2 is 1.88 bits per heavy atom. The lowest BCUT2D eigenvalue weighted by Gasteiger charge is -2.05. The van der Waals surface area contributed by atoms with E-state index in [0.717, 1.165) is 5.56 Å². The van der Waals surface area contributed by atoms with Crippen molar-refractivity contribution in [1.29, 1.82) is 0 Å². The molecule has 0 saturated carbocycles. The molecule has 0 aliphatic rings. The van der Waals surface area contributed by atoms with Gasteiger partial charge >= 0.3 is 6.01 Å². The first-order chi connectivity index (χ1) is 15.4. The summed E-state index contributed by atoms with van der Waals surface area (Å²) in [6.45, 7) is 5.97. The third-order valence-electron chi connectivity index (χ3n) is 4.56. The van der Waals surface area contributed by atoms with Gasteiger partial charge in [-0.3, -0.25) is 10.1 Å². The van der Waals surface area contributed by atoms with Crippen molar-refractivity contribution in [2.75, 3.05) is 5.32 Å². The van der Waals surface area contributed by atoms with Crippen molar-refractivity contribution in [3.8, 4) is 11.3 Å². The molecule has 2 aromatic heterocycles. The third kappa shape index (κ3) is 5.03. The van der Waals surface area contributed by atoms with Crippen LogP contribution in [0.5, 0.6) is 0 Å². The number of aryl methyl sites for hydroxylation is 1. The van der Waals surface area contributed by atoms with Gasteiger partial charge in [-0.15, -0.1) is 16.9 Å². The zero-order chi connectivity index (χ0) is 22.7. The van der Waals surface area contributed by atoms with E-state index in [1.54, 1.807) is 36.9 Å². The number of hydrogen-bond acceptors (Lipinski definition) is 7. The summed E-state index contributed by atoms with van der Waals surface area (Å²) >= 11 is 8.07. The largest absolute Gasteiger partial charge is 0.407 e. The molecule has 4 aromatic rings. The highest BCUT2D eigenvalue weighted by atomic mass is 35.5. The van der Waals surface area contributed by atoms with Crippen LogP contribution in [0.3, 0.4) is 0 Å². The van der Waals surface area contributed by atoms with E-state index < -0.39 is 5.91 Å². The first-order valence-corrected chi connectivity index (χ1v) is 11.3. The lowest BCUT2D eigenvalue weighted by Crippen LogP contribution is -2.13. The molecule has 0 atom stereocenters. The van der Waals surface area contributed by atoms with Crippen molar-refractivity contribution in [1.82, 2.24) is 15.4 Å². The summed E-state index contributed by atoms with van der Waals surface area (Å²) in [6, 6.07) is 15.3. The fraction of sp³-hybridized carbons (Fsp3) is 0.217. The van der Waals surface area contributed by atoms with Gasteiger partial charge in [0, 0.05) is 15.7 Å². The molecule has 2 aromatic carbocycles. The summed E-state index contributed by atoms with van der Waals surface area (Å²) in [4.78, 5) is 14.1. The predicted octanol–water partition coefficient (Wildman–Crippen LogP) is 6.03. The minimum Gasteiger partial charge on any atom is -0.407 e. The zero-order valence-corrected chi connectivity index (χ0v) is 19.3. The van der Waals surface area contributed by atoms with Gasteiger partial charge in [0.25, 0.3) is 5.91 Å². The van der Waals surface area contributed by atoms with Gasteiger partial charge in [0.2, 0.25) is 5.89 Å². The van der Waals surface area contributed by atoms with E-state index in [9.17, 15) is 4.79 Å². The topological polar surface area (TPSA) is 94.1 Å². The summed E-state index contributed by atoms with van der Waals surface area (Å²) < 4.78 is 10.9. The Balaban J connectivity index is 1.47. The molecular formula is C23H21ClN4O3S. The van der Waals surface area contributed by atoms with Crippen LogP contribution in [-0.4, -0.2) is 26.5 Å². The Labute approximate surface area is 194 Å². The van der Waals surface area contributed by atoms with Crippen LogP contribution in [-0.2, 0) is 6.42 Å². The average Bonchev–Trinajstić information content (AvgIpc) is 3.35. The smallest absolute Gasteiger partial charge is 0.322 e. The van der Waals surface area contributed by atoms with Crippen LogP contribution in [0.1, 0.15) is 41.4 Å². The van der Waals surface area contributed by atoms with E-state index in [1.165, 1.54) is 4.90 Å².